The summed E-state index contributed by atoms with van der Waals surface area (Å²) in [6, 6.07) is 4.42. The Morgan fingerprint density at radius 2 is 1.85 bits per heavy atom. The lowest BCUT2D eigenvalue weighted by molar-refractivity contribution is -0.153. The third-order valence-electron chi connectivity index (χ3n) is 7.03. The van der Waals surface area contributed by atoms with Gasteiger partial charge in [0.15, 0.2) is 18.5 Å². The Hall–Kier alpha value is -3.68. The molecule has 2 bridgehead atoms. The molecule has 0 saturated heterocycles. The van der Waals surface area contributed by atoms with Gasteiger partial charge in [-0.25, -0.2) is 9.07 Å². The number of alkyl halides is 3. The quantitative estimate of drug-likeness (QED) is 0.438. The molecule has 1 heterocycles. The number of fused-ring (bicyclic) bond motifs is 3. The van der Waals surface area contributed by atoms with E-state index in [0.29, 0.717) is 12.8 Å². The van der Waals surface area contributed by atoms with Crippen molar-refractivity contribution in [3.05, 3.63) is 51.7 Å². The van der Waals surface area contributed by atoms with Crippen LogP contribution < -0.4 is 26.1 Å². The fraction of sp³-hybridized carbons (Fsp3) is 0.458. The van der Waals surface area contributed by atoms with Crippen LogP contribution in [0.2, 0.25) is 5.02 Å². The lowest BCUT2D eigenvalue weighted by Crippen LogP contribution is -2.66. The number of rotatable bonds is 9. The summed E-state index contributed by atoms with van der Waals surface area (Å²) >= 11 is 5.69. The second-order valence-electron chi connectivity index (χ2n) is 9.66. The second-order valence-corrected chi connectivity index (χ2v) is 10.1. The minimum Gasteiger partial charge on any atom is -0.482 e. The maximum Gasteiger partial charge on any atom is 0.408 e. The largest absolute Gasteiger partial charge is 0.482 e. The average molecular weight is 575 g/mol. The number of hydrogen-bond donors (Lipinski definition) is 2. The minimum absolute atomic E-state index is 0.0240. The summed E-state index contributed by atoms with van der Waals surface area (Å²) in [5, 5.41) is 5.91. The number of benzene rings is 1. The van der Waals surface area contributed by atoms with Gasteiger partial charge in [0.25, 0.3) is 17.4 Å². The summed E-state index contributed by atoms with van der Waals surface area (Å²) in [6.07, 6.45) is -4.18. The van der Waals surface area contributed by atoms with E-state index in [1.165, 1.54) is 12.1 Å². The van der Waals surface area contributed by atoms with E-state index in [-0.39, 0.29) is 46.2 Å². The first-order valence-corrected chi connectivity index (χ1v) is 12.1. The van der Waals surface area contributed by atoms with E-state index in [2.05, 4.69) is 10.4 Å². The van der Waals surface area contributed by atoms with Crippen LogP contribution >= 0.6 is 11.6 Å². The molecule has 0 aliphatic heterocycles. The molecular formula is C24H23ClF4N4O6. The van der Waals surface area contributed by atoms with E-state index in [4.69, 9.17) is 26.8 Å². The number of carbonyl (C=O) groups excluding carboxylic acids is 3. The molecule has 1 aromatic carbocycles. The normalized spacial score (nSPS) is 23.3. The molecule has 1 aromatic heterocycles. The molecule has 3 aliphatic carbocycles. The van der Waals surface area contributed by atoms with Crippen LogP contribution in [0.1, 0.15) is 32.1 Å². The predicted molar refractivity (Wildman–Crippen MR) is 126 cm³/mol. The first kappa shape index (κ1) is 28.3. The summed E-state index contributed by atoms with van der Waals surface area (Å²) < 4.78 is 62.4. The molecule has 3 aliphatic rings. The number of aromatic nitrogens is 2. The topological polar surface area (TPSA) is 143 Å². The van der Waals surface area contributed by atoms with E-state index >= 15 is 0 Å². The standard InChI is InChI=1S/C24H23ClF4N4O6/c25-15-2-1-13(7-16(15)26)39-20(21(30)37)22-3-5-23(6-4-22,17(34)9-22)32-18(35)11-38-14-8-19(36)33(31-10-14)12-24(27,28)29/h1-2,7-8,10,20H,3-6,9,11-12H2,(H2,30,37)(H,32,35). The van der Waals surface area contributed by atoms with E-state index in [1.54, 1.807) is 0 Å². The van der Waals surface area contributed by atoms with Crippen LogP contribution in [-0.2, 0) is 20.9 Å². The number of amides is 2. The number of hydrogen-bond acceptors (Lipinski definition) is 7. The number of halogens is 5. The molecule has 1 unspecified atom stereocenters. The van der Waals surface area contributed by atoms with Gasteiger partial charge >= 0.3 is 6.18 Å². The van der Waals surface area contributed by atoms with Crippen molar-refractivity contribution < 1.29 is 41.4 Å². The lowest BCUT2D eigenvalue weighted by atomic mass is 9.54. The number of nitrogens with one attached hydrogen (secondary N) is 1. The van der Waals surface area contributed by atoms with Crippen LogP contribution in [0.15, 0.2) is 35.3 Å². The zero-order valence-electron chi connectivity index (χ0n) is 20.2. The molecule has 3 fully saturated rings. The summed E-state index contributed by atoms with van der Waals surface area (Å²) in [4.78, 5) is 49.9. The van der Waals surface area contributed by atoms with E-state index in [9.17, 15) is 36.7 Å². The highest BCUT2D eigenvalue weighted by atomic mass is 35.5. The average Bonchev–Trinajstić information content (AvgIpc) is 2.85. The molecular weight excluding hydrogens is 552 g/mol. The first-order valence-electron chi connectivity index (χ1n) is 11.7. The molecule has 10 nitrogen and oxygen atoms in total. The molecule has 15 heteroatoms. The Morgan fingerprint density at radius 3 is 2.41 bits per heavy atom. The number of nitrogens with zero attached hydrogens (tertiary/aromatic N) is 2. The summed E-state index contributed by atoms with van der Waals surface area (Å²) in [6.45, 7) is -2.20. The number of ether oxygens (including phenoxy) is 2. The van der Waals surface area contributed by atoms with Gasteiger partial charge in [-0.1, -0.05) is 11.6 Å². The maximum absolute atomic E-state index is 13.9. The molecule has 5 rings (SSSR count). The van der Waals surface area contributed by atoms with Gasteiger partial charge in [-0.05, 0) is 37.8 Å². The van der Waals surface area contributed by atoms with Crippen molar-refractivity contribution in [2.75, 3.05) is 6.61 Å². The highest BCUT2D eigenvalue weighted by Crippen LogP contribution is 2.53. The molecule has 210 valence electrons. The van der Waals surface area contributed by atoms with Crippen LogP contribution in [0, 0.1) is 11.2 Å². The Bertz CT molecular complexity index is 1360. The Labute approximate surface area is 223 Å². The van der Waals surface area contributed by atoms with E-state index < -0.39 is 59.6 Å². The minimum atomic E-state index is -4.64. The van der Waals surface area contributed by atoms with Gasteiger partial charge in [-0.15, -0.1) is 0 Å². The molecule has 0 radical (unpaired) electrons. The highest BCUT2D eigenvalue weighted by molar-refractivity contribution is 6.30. The van der Waals surface area contributed by atoms with Gasteiger partial charge in [0, 0.05) is 24.0 Å². The lowest BCUT2D eigenvalue weighted by Gasteiger charge is -2.53. The predicted octanol–water partition coefficient (Wildman–Crippen LogP) is 2.30. The zero-order chi connectivity index (χ0) is 28.6. The van der Waals surface area contributed by atoms with Crippen LogP contribution in [0.5, 0.6) is 11.5 Å². The molecule has 0 spiro atoms. The van der Waals surface area contributed by atoms with Crippen molar-refractivity contribution in [2.45, 2.75) is 56.5 Å². The molecule has 2 amide bonds. The SMILES string of the molecule is NC(=O)C(Oc1ccc(Cl)c(F)c1)C12CCC(NC(=O)COc3cnn(CC(F)(F)F)c(=O)c3)(CC1)C(=O)C2. The monoisotopic (exact) mass is 574 g/mol. The van der Waals surface area contributed by atoms with Crippen molar-refractivity contribution in [3.63, 3.8) is 0 Å². The first-order chi connectivity index (χ1) is 18.2. The van der Waals surface area contributed by atoms with Crippen molar-refractivity contribution in [1.82, 2.24) is 15.1 Å². The van der Waals surface area contributed by atoms with E-state index in [1.807, 2.05) is 0 Å². The Kier molecular flexibility index (Phi) is 7.61. The van der Waals surface area contributed by atoms with Crippen LogP contribution in [-0.4, -0.2) is 51.8 Å². The maximum atomic E-state index is 13.9. The third kappa shape index (κ3) is 6.15. The summed E-state index contributed by atoms with van der Waals surface area (Å²) in [5.74, 6) is -2.81. The number of ketones is 1. The Balaban J connectivity index is 1.38. The fourth-order valence-electron chi connectivity index (χ4n) is 5.08. The van der Waals surface area contributed by atoms with Gasteiger partial charge in [0.1, 0.15) is 23.9 Å². The molecule has 39 heavy (non-hydrogen) atoms. The van der Waals surface area contributed by atoms with Crippen molar-refractivity contribution in [2.24, 2.45) is 11.1 Å². The number of Topliss-reactive ketones (excluding diaryl/α,β-unsaturated/α-hetero) is 1. The second kappa shape index (κ2) is 10.5. The molecule has 3 saturated carbocycles. The number of carbonyl (C=O) groups is 3. The van der Waals surface area contributed by atoms with E-state index in [0.717, 1.165) is 18.3 Å². The van der Waals surface area contributed by atoms with Crippen LogP contribution in [0.3, 0.4) is 0 Å². The van der Waals surface area contributed by atoms with Crippen molar-refractivity contribution in [1.29, 1.82) is 0 Å². The van der Waals surface area contributed by atoms with Crippen LogP contribution in [0.25, 0.3) is 0 Å². The van der Waals surface area contributed by atoms with Crippen LogP contribution in [0.4, 0.5) is 17.6 Å². The van der Waals surface area contributed by atoms with Gasteiger partial charge < -0.3 is 20.5 Å². The van der Waals surface area contributed by atoms with Gasteiger partial charge in [0.2, 0.25) is 0 Å². The van der Waals surface area contributed by atoms with Gasteiger partial charge in [-0.2, -0.15) is 18.3 Å². The number of primary amides is 1. The fourth-order valence-corrected chi connectivity index (χ4v) is 5.19. The highest BCUT2D eigenvalue weighted by Gasteiger charge is 2.59. The molecule has 2 aromatic rings. The van der Waals surface area contributed by atoms with Crippen molar-refractivity contribution >= 4 is 29.2 Å². The van der Waals surface area contributed by atoms with Gasteiger partial charge in [0.05, 0.1) is 16.8 Å². The Morgan fingerprint density at radius 1 is 1.15 bits per heavy atom. The zero-order valence-corrected chi connectivity index (χ0v) is 21.0. The van der Waals surface area contributed by atoms with Gasteiger partial charge in [-0.3, -0.25) is 19.2 Å². The summed E-state index contributed by atoms with van der Waals surface area (Å²) in [7, 11) is 0. The summed E-state index contributed by atoms with van der Waals surface area (Å²) in [5.41, 5.74) is 2.36. The third-order valence-corrected chi connectivity index (χ3v) is 7.33. The molecule has 3 N–H and O–H groups in total. The molecule has 1 atom stereocenters. The smallest absolute Gasteiger partial charge is 0.408 e. The number of nitrogens with two attached hydrogens (primary N) is 1. The van der Waals surface area contributed by atoms with Crippen molar-refractivity contribution in [3.8, 4) is 11.5 Å².